The highest BCUT2D eigenvalue weighted by molar-refractivity contribution is 7.89. The van der Waals surface area contributed by atoms with Crippen molar-refractivity contribution in [1.29, 1.82) is 0 Å². The third kappa shape index (κ3) is 9.18. The second-order valence-electron chi connectivity index (χ2n) is 11.6. The minimum absolute atomic E-state index is 0.0291. The van der Waals surface area contributed by atoms with Crippen molar-refractivity contribution in [3.63, 3.8) is 0 Å². The van der Waals surface area contributed by atoms with Crippen LogP contribution in [0.4, 0.5) is 0 Å². The fraction of sp³-hybridized carbons (Fsp3) is 0.484. The van der Waals surface area contributed by atoms with Crippen molar-refractivity contribution in [3.8, 4) is 5.75 Å². The summed E-state index contributed by atoms with van der Waals surface area (Å²) in [6.07, 6.45) is 3.21. The van der Waals surface area contributed by atoms with Gasteiger partial charge in [-0.1, -0.05) is 30.3 Å². The fourth-order valence-electron chi connectivity index (χ4n) is 5.10. The van der Waals surface area contributed by atoms with Crippen molar-refractivity contribution in [2.24, 2.45) is 22.9 Å². The molecule has 1 fully saturated rings. The van der Waals surface area contributed by atoms with Gasteiger partial charge in [0.2, 0.25) is 16.4 Å². The maximum absolute atomic E-state index is 13.2. The van der Waals surface area contributed by atoms with Gasteiger partial charge < -0.3 is 30.2 Å². The Kier molecular flexibility index (Phi) is 12.2. The van der Waals surface area contributed by atoms with Gasteiger partial charge >= 0.3 is 5.97 Å². The number of nitrogens with one attached hydrogen (secondary N) is 1. The van der Waals surface area contributed by atoms with E-state index in [1.807, 2.05) is 6.92 Å². The highest BCUT2D eigenvalue weighted by atomic mass is 32.2. The van der Waals surface area contributed by atoms with Gasteiger partial charge in [-0.3, -0.25) is 9.59 Å². The number of likely N-dealkylation sites (tertiary alicyclic amines) is 1. The lowest BCUT2D eigenvalue weighted by Gasteiger charge is -2.32. The van der Waals surface area contributed by atoms with Crippen molar-refractivity contribution < 1.29 is 32.6 Å². The van der Waals surface area contributed by atoms with Gasteiger partial charge in [0.05, 0.1) is 30.4 Å². The zero-order chi connectivity index (χ0) is 32.5. The lowest BCUT2D eigenvalue weighted by molar-refractivity contribution is -0.156. The standard InChI is InChI=1S/C31H45N5O7S/c1-5-42-27-8-6-7-9-28(27)44(40,41)34-17-25-16-24(11-10-22(25)2)29(31(3,4)30(38)39)43-20-26(32)19-36(33)18-23-12-14-35(21-37)15-13-23/h6-11,16,19,21,23,29,34H,5,12-15,17-18,20,32-33H2,1-4H3,(H,38,39)/b26-19-. The van der Waals surface area contributed by atoms with E-state index in [-0.39, 0.29) is 23.8 Å². The number of carboxylic acids is 1. The number of nitrogens with two attached hydrogens (primary N) is 2. The Morgan fingerprint density at radius 2 is 1.91 bits per heavy atom. The summed E-state index contributed by atoms with van der Waals surface area (Å²) in [5.74, 6) is 5.68. The first-order chi connectivity index (χ1) is 20.8. The first-order valence-corrected chi connectivity index (χ1v) is 16.1. The molecule has 1 aliphatic rings. The van der Waals surface area contributed by atoms with E-state index in [0.29, 0.717) is 49.0 Å². The van der Waals surface area contributed by atoms with Gasteiger partial charge in [0.25, 0.3) is 0 Å². The van der Waals surface area contributed by atoms with Crippen LogP contribution in [0.25, 0.3) is 0 Å². The average Bonchev–Trinajstić information content (AvgIpc) is 2.98. The van der Waals surface area contributed by atoms with E-state index in [1.54, 1.807) is 68.3 Å². The molecule has 12 nitrogen and oxygen atoms in total. The highest BCUT2D eigenvalue weighted by Crippen LogP contribution is 2.38. The van der Waals surface area contributed by atoms with Crippen LogP contribution in [0.1, 0.15) is 56.4 Å². The third-order valence-corrected chi connectivity index (χ3v) is 9.23. The minimum Gasteiger partial charge on any atom is -0.492 e. The zero-order valence-electron chi connectivity index (χ0n) is 25.9. The lowest BCUT2D eigenvalue weighted by Crippen LogP contribution is -2.39. The third-order valence-electron chi connectivity index (χ3n) is 7.79. The molecule has 0 aliphatic carbocycles. The monoisotopic (exact) mass is 631 g/mol. The van der Waals surface area contributed by atoms with Gasteiger partial charge in [-0.15, -0.1) is 0 Å². The van der Waals surface area contributed by atoms with E-state index in [1.165, 1.54) is 11.1 Å². The van der Waals surface area contributed by atoms with Crippen LogP contribution < -0.4 is 21.0 Å². The van der Waals surface area contributed by atoms with Crippen LogP contribution >= 0.6 is 0 Å². The van der Waals surface area contributed by atoms with Crippen LogP contribution in [-0.4, -0.2) is 68.7 Å². The molecular weight excluding hydrogens is 586 g/mol. The summed E-state index contributed by atoms with van der Waals surface area (Å²) in [5.41, 5.74) is 7.24. The number of aliphatic carboxylic acids is 1. The number of hydrogen-bond acceptors (Lipinski definition) is 9. The second-order valence-corrected chi connectivity index (χ2v) is 13.3. The molecule has 44 heavy (non-hydrogen) atoms. The minimum atomic E-state index is -3.91. The molecule has 1 atom stereocenters. The van der Waals surface area contributed by atoms with Crippen LogP contribution in [0.2, 0.25) is 0 Å². The lowest BCUT2D eigenvalue weighted by atomic mass is 9.81. The first-order valence-electron chi connectivity index (χ1n) is 14.6. The number of hydrogen-bond donors (Lipinski definition) is 4. The summed E-state index contributed by atoms with van der Waals surface area (Å²) < 4.78 is 40.6. The summed E-state index contributed by atoms with van der Waals surface area (Å²) in [4.78, 5) is 25.0. The van der Waals surface area contributed by atoms with Crippen molar-refractivity contribution in [1.82, 2.24) is 14.6 Å². The summed E-state index contributed by atoms with van der Waals surface area (Å²) in [6.45, 7) is 8.90. The number of carbonyl (C=O) groups excluding carboxylic acids is 1. The topological polar surface area (TPSA) is 178 Å². The number of amides is 1. The molecule has 13 heteroatoms. The molecule has 1 amide bonds. The van der Waals surface area contributed by atoms with E-state index >= 15 is 0 Å². The summed E-state index contributed by atoms with van der Waals surface area (Å²) in [6, 6.07) is 11.7. The molecule has 0 bridgehead atoms. The number of piperidine rings is 1. The molecule has 3 rings (SSSR count). The van der Waals surface area contributed by atoms with Crippen LogP contribution in [0, 0.1) is 18.3 Å². The van der Waals surface area contributed by atoms with Crippen LogP contribution in [0.15, 0.2) is 59.3 Å². The first kappa shape index (κ1) is 34.8. The Morgan fingerprint density at radius 1 is 1.23 bits per heavy atom. The fourth-order valence-corrected chi connectivity index (χ4v) is 6.25. The van der Waals surface area contributed by atoms with Crippen molar-refractivity contribution in [2.45, 2.75) is 58.1 Å². The molecule has 1 unspecified atom stereocenters. The number of carboxylic acid groups (broad SMARTS) is 1. The molecule has 2 aromatic carbocycles. The van der Waals surface area contributed by atoms with E-state index in [0.717, 1.165) is 24.8 Å². The number of nitrogens with zero attached hydrogens (tertiary/aromatic N) is 2. The quantitative estimate of drug-likeness (QED) is 0.122. The van der Waals surface area contributed by atoms with E-state index in [9.17, 15) is 23.1 Å². The Balaban J connectivity index is 1.75. The van der Waals surface area contributed by atoms with Gasteiger partial charge in [0.15, 0.2) is 0 Å². The maximum Gasteiger partial charge on any atom is 0.312 e. The van der Waals surface area contributed by atoms with Crippen LogP contribution in [0.5, 0.6) is 5.75 Å². The highest BCUT2D eigenvalue weighted by Gasteiger charge is 2.39. The number of hydrazine groups is 1. The van der Waals surface area contributed by atoms with Gasteiger partial charge in [0, 0.05) is 32.4 Å². The molecule has 0 saturated carbocycles. The van der Waals surface area contributed by atoms with Crippen molar-refractivity contribution >= 4 is 22.4 Å². The SMILES string of the molecule is CCOc1ccccc1S(=O)(=O)NCc1cc(C(OC/C(N)=C/N(N)CC2CCN(C=O)CC2)C(C)(C)C(=O)O)ccc1C. The van der Waals surface area contributed by atoms with Crippen molar-refractivity contribution in [3.05, 3.63) is 71.1 Å². The smallest absolute Gasteiger partial charge is 0.312 e. The number of benzene rings is 2. The van der Waals surface area contributed by atoms with Gasteiger partial charge in [0.1, 0.15) is 10.6 Å². The van der Waals surface area contributed by atoms with Gasteiger partial charge in [-0.25, -0.2) is 19.0 Å². The Bertz CT molecular complexity index is 1420. The van der Waals surface area contributed by atoms with Crippen LogP contribution in [-0.2, 0) is 30.9 Å². The predicted octanol–water partition coefficient (Wildman–Crippen LogP) is 2.88. The predicted molar refractivity (Wildman–Crippen MR) is 166 cm³/mol. The largest absolute Gasteiger partial charge is 0.492 e. The summed E-state index contributed by atoms with van der Waals surface area (Å²) in [7, 11) is -3.91. The number of sulfonamides is 1. The molecule has 0 aromatic heterocycles. The number of rotatable bonds is 16. The molecule has 6 N–H and O–H groups in total. The molecule has 0 radical (unpaired) electrons. The molecule has 0 spiro atoms. The number of para-hydroxylation sites is 1. The summed E-state index contributed by atoms with van der Waals surface area (Å²) in [5, 5.41) is 11.5. The number of ether oxygens (including phenoxy) is 2. The molecule has 242 valence electrons. The van der Waals surface area contributed by atoms with E-state index in [4.69, 9.17) is 21.1 Å². The van der Waals surface area contributed by atoms with Gasteiger partial charge in [-0.05, 0) is 75.3 Å². The van der Waals surface area contributed by atoms with E-state index in [2.05, 4.69) is 4.72 Å². The number of carbonyl (C=O) groups is 2. The zero-order valence-corrected chi connectivity index (χ0v) is 26.7. The molecule has 2 aromatic rings. The van der Waals surface area contributed by atoms with E-state index < -0.39 is 27.5 Å². The average molecular weight is 632 g/mol. The molecule has 1 heterocycles. The molecule has 1 aliphatic heterocycles. The van der Waals surface area contributed by atoms with Crippen LogP contribution in [0.3, 0.4) is 0 Å². The molecular formula is C31H45N5O7S. The normalized spacial score (nSPS) is 15.6. The van der Waals surface area contributed by atoms with Gasteiger partial charge in [-0.2, -0.15) is 0 Å². The second kappa shape index (κ2) is 15.4. The molecule has 1 saturated heterocycles. The maximum atomic E-state index is 13.2. The Morgan fingerprint density at radius 3 is 2.55 bits per heavy atom. The Labute approximate surface area is 260 Å². The number of aryl methyl sites for hydroxylation is 1. The Hall–Kier alpha value is -3.65. The van der Waals surface area contributed by atoms with Crippen molar-refractivity contribution in [2.75, 3.05) is 32.8 Å². The summed E-state index contributed by atoms with van der Waals surface area (Å²) >= 11 is 0.